The van der Waals surface area contributed by atoms with E-state index in [1.807, 2.05) is 0 Å². The van der Waals surface area contributed by atoms with Crippen LogP contribution in [0.15, 0.2) is 0 Å². The lowest BCUT2D eigenvalue weighted by molar-refractivity contribution is 0.188. The minimum absolute atomic E-state index is 0.784. The van der Waals surface area contributed by atoms with Gasteiger partial charge in [0.25, 0.3) is 0 Å². The molecule has 3 unspecified atom stereocenters. The Labute approximate surface area is 88.4 Å². The highest BCUT2D eigenvalue weighted by Crippen LogP contribution is 2.35. The van der Waals surface area contributed by atoms with Gasteiger partial charge in [0.15, 0.2) is 0 Å². The summed E-state index contributed by atoms with van der Waals surface area (Å²) < 4.78 is 0. The fourth-order valence-corrected chi connectivity index (χ4v) is 2.68. The Hall–Kier alpha value is -0.0800. The summed E-state index contributed by atoms with van der Waals surface area (Å²) in [6.07, 6.45) is 8.05. The van der Waals surface area contributed by atoms with Crippen molar-refractivity contribution in [3.05, 3.63) is 0 Å². The van der Waals surface area contributed by atoms with Gasteiger partial charge < -0.3 is 11.5 Å². The first-order valence-corrected chi connectivity index (χ1v) is 6.18. The van der Waals surface area contributed by atoms with E-state index in [-0.39, 0.29) is 0 Å². The molecule has 1 aliphatic carbocycles. The van der Waals surface area contributed by atoms with E-state index in [1.165, 1.54) is 38.5 Å². The lowest BCUT2D eigenvalue weighted by atomic mass is 9.73. The van der Waals surface area contributed by atoms with E-state index >= 15 is 0 Å². The van der Waals surface area contributed by atoms with E-state index in [0.717, 1.165) is 30.8 Å². The maximum Gasteiger partial charge on any atom is -0.00462 e. The van der Waals surface area contributed by atoms with Gasteiger partial charge in [-0.3, -0.25) is 0 Å². The van der Waals surface area contributed by atoms with Gasteiger partial charge in [0.2, 0.25) is 0 Å². The summed E-state index contributed by atoms with van der Waals surface area (Å²) in [7, 11) is 0. The van der Waals surface area contributed by atoms with E-state index in [9.17, 15) is 0 Å². The molecule has 0 heterocycles. The molecule has 0 radical (unpaired) electrons. The fourth-order valence-electron chi connectivity index (χ4n) is 2.68. The number of rotatable bonds is 5. The van der Waals surface area contributed by atoms with Gasteiger partial charge in [-0.25, -0.2) is 0 Å². The van der Waals surface area contributed by atoms with Crippen LogP contribution in [0, 0.1) is 17.8 Å². The third-order valence-corrected chi connectivity index (χ3v) is 3.84. The maximum atomic E-state index is 5.79. The second-order valence-corrected chi connectivity index (χ2v) is 4.94. The number of hydrogen-bond acceptors (Lipinski definition) is 2. The zero-order valence-corrected chi connectivity index (χ0v) is 9.54. The number of unbranched alkanes of at least 4 members (excludes halogenated alkanes) is 1. The van der Waals surface area contributed by atoms with Gasteiger partial charge in [0.1, 0.15) is 0 Å². The Bertz CT molecular complexity index is 147. The lowest BCUT2D eigenvalue weighted by Gasteiger charge is -2.33. The van der Waals surface area contributed by atoms with Crippen molar-refractivity contribution in [2.75, 3.05) is 13.1 Å². The molecule has 1 saturated carbocycles. The molecule has 1 rings (SSSR count). The Morgan fingerprint density at radius 2 is 1.93 bits per heavy atom. The quantitative estimate of drug-likeness (QED) is 0.665. The van der Waals surface area contributed by atoms with Crippen LogP contribution in [-0.2, 0) is 0 Å². The van der Waals surface area contributed by atoms with E-state index in [0.29, 0.717) is 0 Å². The highest BCUT2D eigenvalue weighted by molar-refractivity contribution is 4.78. The molecule has 0 aromatic rings. The van der Waals surface area contributed by atoms with Gasteiger partial charge in [0.05, 0.1) is 0 Å². The first kappa shape index (κ1) is 12.0. The van der Waals surface area contributed by atoms with Crippen LogP contribution in [0.2, 0.25) is 0 Å². The molecule has 1 aliphatic rings. The summed E-state index contributed by atoms with van der Waals surface area (Å²) in [6, 6.07) is 0. The molecule has 0 aliphatic heterocycles. The zero-order valence-electron chi connectivity index (χ0n) is 9.54. The van der Waals surface area contributed by atoms with Crippen molar-refractivity contribution in [1.29, 1.82) is 0 Å². The minimum atomic E-state index is 0.784. The summed E-state index contributed by atoms with van der Waals surface area (Å²) in [5.74, 6) is 2.57. The molecule has 14 heavy (non-hydrogen) atoms. The summed E-state index contributed by atoms with van der Waals surface area (Å²) >= 11 is 0. The molecule has 1 fully saturated rings. The molecule has 0 aromatic carbocycles. The second kappa shape index (κ2) is 6.41. The van der Waals surface area contributed by atoms with E-state index in [2.05, 4.69) is 6.92 Å². The Balaban J connectivity index is 2.21. The van der Waals surface area contributed by atoms with Gasteiger partial charge in [-0.05, 0) is 43.7 Å². The third kappa shape index (κ3) is 3.58. The van der Waals surface area contributed by atoms with Gasteiger partial charge >= 0.3 is 0 Å². The largest absolute Gasteiger partial charge is 0.330 e. The predicted octanol–water partition coefficient (Wildman–Crippen LogP) is 2.13. The van der Waals surface area contributed by atoms with Crippen molar-refractivity contribution in [3.63, 3.8) is 0 Å². The smallest absolute Gasteiger partial charge is 0.00462 e. The van der Waals surface area contributed by atoms with Crippen LogP contribution < -0.4 is 11.5 Å². The van der Waals surface area contributed by atoms with Crippen LogP contribution in [0.5, 0.6) is 0 Å². The summed E-state index contributed by atoms with van der Waals surface area (Å²) in [5.41, 5.74) is 11.3. The SMILES string of the molecule is CC1CCC(CCCCN)CC1CN. The van der Waals surface area contributed by atoms with Crippen molar-refractivity contribution in [2.24, 2.45) is 29.2 Å². The monoisotopic (exact) mass is 198 g/mol. The molecule has 0 amide bonds. The second-order valence-electron chi connectivity index (χ2n) is 4.94. The molecule has 84 valence electrons. The van der Waals surface area contributed by atoms with Crippen LogP contribution >= 0.6 is 0 Å². The van der Waals surface area contributed by atoms with Crippen molar-refractivity contribution in [1.82, 2.24) is 0 Å². The molecule has 0 spiro atoms. The molecular weight excluding hydrogens is 172 g/mol. The van der Waals surface area contributed by atoms with Gasteiger partial charge in [-0.1, -0.05) is 32.6 Å². The predicted molar refractivity (Wildman–Crippen MR) is 62.0 cm³/mol. The average Bonchev–Trinajstić information content (AvgIpc) is 2.21. The summed E-state index contributed by atoms with van der Waals surface area (Å²) in [4.78, 5) is 0. The first-order chi connectivity index (χ1) is 6.77. The van der Waals surface area contributed by atoms with Crippen LogP contribution in [0.4, 0.5) is 0 Å². The number of nitrogens with two attached hydrogens (primary N) is 2. The van der Waals surface area contributed by atoms with Gasteiger partial charge in [-0.15, -0.1) is 0 Å². The molecule has 0 aromatic heterocycles. The van der Waals surface area contributed by atoms with E-state index in [1.54, 1.807) is 0 Å². The van der Waals surface area contributed by atoms with Crippen molar-refractivity contribution < 1.29 is 0 Å². The lowest BCUT2D eigenvalue weighted by Crippen LogP contribution is -2.29. The Morgan fingerprint density at radius 3 is 2.57 bits per heavy atom. The standard InChI is InChI=1S/C12H26N2/c1-10-5-6-11(4-2-3-7-13)8-12(10)9-14/h10-12H,2-9,13-14H2,1H3. The molecule has 2 heteroatoms. The third-order valence-electron chi connectivity index (χ3n) is 3.84. The average molecular weight is 198 g/mol. The van der Waals surface area contributed by atoms with Gasteiger partial charge in [-0.2, -0.15) is 0 Å². The highest BCUT2D eigenvalue weighted by atomic mass is 14.6. The number of hydrogen-bond donors (Lipinski definition) is 2. The van der Waals surface area contributed by atoms with Gasteiger partial charge in [0, 0.05) is 0 Å². The molecule has 4 N–H and O–H groups in total. The van der Waals surface area contributed by atoms with Crippen molar-refractivity contribution in [2.45, 2.75) is 45.4 Å². The van der Waals surface area contributed by atoms with Crippen LogP contribution in [0.3, 0.4) is 0 Å². The van der Waals surface area contributed by atoms with E-state index < -0.39 is 0 Å². The van der Waals surface area contributed by atoms with Crippen LogP contribution in [0.1, 0.15) is 45.4 Å². The fraction of sp³-hybridized carbons (Fsp3) is 1.00. The van der Waals surface area contributed by atoms with E-state index in [4.69, 9.17) is 11.5 Å². The van der Waals surface area contributed by atoms with Crippen molar-refractivity contribution >= 4 is 0 Å². The minimum Gasteiger partial charge on any atom is -0.330 e. The normalized spacial score (nSPS) is 33.2. The molecule has 0 saturated heterocycles. The van der Waals surface area contributed by atoms with Crippen LogP contribution in [-0.4, -0.2) is 13.1 Å². The first-order valence-electron chi connectivity index (χ1n) is 6.18. The maximum absolute atomic E-state index is 5.79. The topological polar surface area (TPSA) is 52.0 Å². The highest BCUT2D eigenvalue weighted by Gasteiger charge is 2.25. The Morgan fingerprint density at radius 1 is 1.14 bits per heavy atom. The zero-order chi connectivity index (χ0) is 10.4. The molecular formula is C12H26N2. The van der Waals surface area contributed by atoms with Crippen LogP contribution in [0.25, 0.3) is 0 Å². The molecule has 0 bridgehead atoms. The molecule has 3 atom stereocenters. The molecule has 2 nitrogen and oxygen atoms in total. The van der Waals surface area contributed by atoms with Crippen molar-refractivity contribution in [3.8, 4) is 0 Å². The summed E-state index contributed by atoms with van der Waals surface area (Å²) in [6.45, 7) is 4.09. The summed E-state index contributed by atoms with van der Waals surface area (Å²) in [5, 5.41) is 0. The Kier molecular flexibility index (Phi) is 5.49.